The van der Waals surface area contributed by atoms with Crippen molar-refractivity contribution >= 4 is 28.8 Å². The molecule has 3 rings (SSSR count). The number of anilines is 1. The summed E-state index contributed by atoms with van der Waals surface area (Å²) in [7, 11) is 0. The number of rotatable bonds is 6. The van der Waals surface area contributed by atoms with Crippen molar-refractivity contribution in [1.82, 2.24) is 25.2 Å². The highest BCUT2D eigenvalue weighted by atomic mass is 16.2. The van der Waals surface area contributed by atoms with Crippen LogP contribution < -0.4 is 10.2 Å². The van der Waals surface area contributed by atoms with Crippen molar-refractivity contribution in [2.24, 2.45) is 0 Å². The quantitative estimate of drug-likeness (QED) is 0.755. The van der Waals surface area contributed by atoms with Gasteiger partial charge in [0.25, 0.3) is 5.91 Å². The Morgan fingerprint density at radius 2 is 2.11 bits per heavy atom. The molecule has 0 bridgehead atoms. The Bertz CT molecular complexity index is 838. The van der Waals surface area contributed by atoms with Gasteiger partial charge in [-0.1, -0.05) is 19.9 Å². The van der Waals surface area contributed by atoms with Crippen LogP contribution >= 0.6 is 0 Å². The molecule has 2 aromatic rings. The molecule has 0 saturated carbocycles. The van der Waals surface area contributed by atoms with Crippen LogP contribution in [-0.4, -0.2) is 63.9 Å². The summed E-state index contributed by atoms with van der Waals surface area (Å²) in [6, 6.07) is 0.110. The van der Waals surface area contributed by atoms with Gasteiger partial charge in [-0.25, -0.2) is 9.97 Å². The second-order valence-corrected chi connectivity index (χ2v) is 6.81. The van der Waals surface area contributed by atoms with Crippen molar-refractivity contribution in [3.05, 3.63) is 30.6 Å². The van der Waals surface area contributed by atoms with Crippen LogP contribution in [0.15, 0.2) is 25.0 Å². The summed E-state index contributed by atoms with van der Waals surface area (Å²) < 4.78 is 0. The normalized spacial score (nSPS) is 15.6. The Hall–Kier alpha value is -2.90. The monoisotopic (exact) mass is 370 g/mol. The molecule has 0 radical (unpaired) electrons. The van der Waals surface area contributed by atoms with Crippen LogP contribution in [0.5, 0.6) is 0 Å². The summed E-state index contributed by atoms with van der Waals surface area (Å²) >= 11 is 0. The summed E-state index contributed by atoms with van der Waals surface area (Å²) in [5.41, 5.74) is 1.66. The van der Waals surface area contributed by atoms with E-state index >= 15 is 0 Å². The predicted octanol–water partition coefficient (Wildman–Crippen LogP) is 1.71. The number of nitrogens with zero attached hydrogens (tertiary/aromatic N) is 4. The number of aromatic nitrogens is 3. The second kappa shape index (κ2) is 8.20. The number of H-pyrrole nitrogens is 1. The van der Waals surface area contributed by atoms with E-state index < -0.39 is 0 Å². The van der Waals surface area contributed by atoms with Gasteiger partial charge in [0, 0.05) is 38.4 Å². The minimum Gasteiger partial charge on any atom is -0.352 e. The minimum atomic E-state index is -0.143. The molecule has 8 heteroatoms. The lowest BCUT2D eigenvalue weighted by molar-refractivity contribution is -0.126. The molecule has 144 valence electrons. The fraction of sp³-hybridized carbons (Fsp3) is 0.474. The van der Waals surface area contributed by atoms with E-state index in [2.05, 4.69) is 38.7 Å². The average Bonchev–Trinajstić information content (AvgIpc) is 3.11. The van der Waals surface area contributed by atoms with Crippen molar-refractivity contribution < 1.29 is 9.59 Å². The number of nitrogens with one attached hydrogen (secondary N) is 2. The van der Waals surface area contributed by atoms with E-state index in [1.807, 2.05) is 6.92 Å². The first-order valence-corrected chi connectivity index (χ1v) is 9.34. The molecule has 2 aromatic heterocycles. The van der Waals surface area contributed by atoms with Crippen LogP contribution in [0.2, 0.25) is 0 Å². The van der Waals surface area contributed by atoms with Crippen LogP contribution in [-0.2, 0) is 4.79 Å². The Morgan fingerprint density at radius 3 is 2.78 bits per heavy atom. The Labute approximate surface area is 158 Å². The predicted molar refractivity (Wildman–Crippen MR) is 105 cm³/mol. The average molecular weight is 370 g/mol. The summed E-state index contributed by atoms with van der Waals surface area (Å²) in [6.07, 6.45) is 6.64. The molecule has 3 heterocycles. The largest absolute Gasteiger partial charge is 0.352 e. The highest BCUT2D eigenvalue weighted by molar-refractivity contribution is 6.04. The van der Waals surface area contributed by atoms with Gasteiger partial charge in [0.15, 0.2) is 5.65 Å². The molecule has 1 unspecified atom stereocenters. The van der Waals surface area contributed by atoms with Crippen molar-refractivity contribution in [3.8, 4) is 0 Å². The third-order valence-electron chi connectivity index (χ3n) is 4.80. The van der Waals surface area contributed by atoms with Crippen LogP contribution in [0.25, 0.3) is 11.2 Å². The number of hydrogen-bond donors (Lipinski definition) is 2. The van der Waals surface area contributed by atoms with E-state index in [0.717, 1.165) is 12.8 Å². The van der Waals surface area contributed by atoms with Crippen molar-refractivity contribution in [2.45, 2.75) is 32.7 Å². The maximum atomic E-state index is 12.6. The van der Waals surface area contributed by atoms with E-state index in [-0.39, 0.29) is 17.9 Å². The van der Waals surface area contributed by atoms with E-state index in [9.17, 15) is 9.59 Å². The zero-order chi connectivity index (χ0) is 19.4. The lowest BCUT2D eigenvalue weighted by atomic mass is 10.2. The van der Waals surface area contributed by atoms with E-state index in [4.69, 9.17) is 0 Å². The first kappa shape index (κ1) is 18.9. The minimum absolute atomic E-state index is 0.0537. The van der Waals surface area contributed by atoms with Gasteiger partial charge in [0.05, 0.1) is 11.8 Å². The molecule has 1 atom stereocenters. The van der Waals surface area contributed by atoms with Crippen molar-refractivity contribution in [2.75, 3.05) is 31.1 Å². The van der Waals surface area contributed by atoms with Gasteiger partial charge >= 0.3 is 0 Å². The molecule has 8 nitrogen and oxygen atoms in total. The van der Waals surface area contributed by atoms with Crippen molar-refractivity contribution in [1.29, 1.82) is 0 Å². The number of piperazine rings is 1. The number of amides is 2. The Kier molecular flexibility index (Phi) is 5.73. The molecule has 0 spiro atoms. The van der Waals surface area contributed by atoms with Gasteiger partial charge in [0.1, 0.15) is 11.3 Å². The maximum absolute atomic E-state index is 12.6. The van der Waals surface area contributed by atoms with Crippen LogP contribution in [0.4, 0.5) is 5.82 Å². The molecule has 1 fully saturated rings. The third kappa shape index (κ3) is 4.10. The summed E-state index contributed by atoms with van der Waals surface area (Å²) in [6.45, 7) is 10.2. The summed E-state index contributed by atoms with van der Waals surface area (Å²) in [5.74, 6) is 0.514. The van der Waals surface area contributed by atoms with Gasteiger partial charge in [-0.3, -0.25) is 9.59 Å². The molecular formula is C19H26N6O2. The number of carbonyl (C=O) groups is 2. The van der Waals surface area contributed by atoms with Crippen LogP contribution in [0, 0.1) is 0 Å². The van der Waals surface area contributed by atoms with E-state index in [1.165, 1.54) is 6.08 Å². The SMILES string of the molecule is C=CC(=O)N1CCN(c2cnc3[nH]cc(C(=O)NC(C)CCC)c3n2)CC1. The highest BCUT2D eigenvalue weighted by Gasteiger charge is 2.22. The number of fused-ring (bicyclic) bond motifs is 1. The molecule has 27 heavy (non-hydrogen) atoms. The Balaban J connectivity index is 1.76. The highest BCUT2D eigenvalue weighted by Crippen LogP contribution is 2.20. The standard InChI is InChI=1S/C19H26N6O2/c1-4-6-13(3)22-19(27)14-11-20-18-17(14)23-15(12-21-18)24-7-9-25(10-8-24)16(26)5-2/h5,11-13H,2,4,6-10H2,1,3H3,(H,20,21)(H,22,27). The van der Waals surface area contributed by atoms with Gasteiger partial charge in [-0.2, -0.15) is 0 Å². The molecule has 1 aliphatic rings. The molecule has 2 amide bonds. The van der Waals surface area contributed by atoms with E-state index in [1.54, 1.807) is 17.3 Å². The van der Waals surface area contributed by atoms with Crippen molar-refractivity contribution in [3.63, 3.8) is 0 Å². The molecule has 1 aliphatic heterocycles. The first-order valence-electron chi connectivity index (χ1n) is 9.34. The number of hydrogen-bond acceptors (Lipinski definition) is 5. The fourth-order valence-electron chi connectivity index (χ4n) is 3.30. The maximum Gasteiger partial charge on any atom is 0.255 e. The topological polar surface area (TPSA) is 94.2 Å². The summed E-state index contributed by atoms with van der Waals surface area (Å²) in [4.78, 5) is 40.2. The smallest absolute Gasteiger partial charge is 0.255 e. The zero-order valence-electron chi connectivity index (χ0n) is 15.9. The van der Waals surface area contributed by atoms with Gasteiger partial charge in [-0.15, -0.1) is 0 Å². The molecule has 0 aromatic carbocycles. The molecule has 2 N–H and O–H groups in total. The van der Waals surface area contributed by atoms with Crippen LogP contribution in [0.3, 0.4) is 0 Å². The Morgan fingerprint density at radius 1 is 1.37 bits per heavy atom. The zero-order valence-corrected chi connectivity index (χ0v) is 15.9. The van der Waals surface area contributed by atoms with E-state index in [0.29, 0.717) is 48.7 Å². The fourth-order valence-corrected chi connectivity index (χ4v) is 3.30. The third-order valence-corrected chi connectivity index (χ3v) is 4.80. The second-order valence-electron chi connectivity index (χ2n) is 6.81. The number of carbonyl (C=O) groups excluding carboxylic acids is 2. The number of aromatic amines is 1. The van der Waals surface area contributed by atoms with Gasteiger partial charge < -0.3 is 20.1 Å². The molecular weight excluding hydrogens is 344 g/mol. The molecule has 0 aliphatic carbocycles. The lowest BCUT2D eigenvalue weighted by Crippen LogP contribution is -2.48. The lowest BCUT2D eigenvalue weighted by Gasteiger charge is -2.34. The van der Waals surface area contributed by atoms with Crippen LogP contribution in [0.1, 0.15) is 37.0 Å². The molecule has 1 saturated heterocycles. The first-order chi connectivity index (χ1) is 13.0. The summed E-state index contributed by atoms with van der Waals surface area (Å²) in [5, 5.41) is 3.01. The van der Waals surface area contributed by atoms with Gasteiger partial charge in [0.2, 0.25) is 5.91 Å². The van der Waals surface area contributed by atoms with Gasteiger partial charge in [-0.05, 0) is 19.4 Å².